The predicted molar refractivity (Wildman–Crippen MR) is 88.9 cm³/mol. The van der Waals surface area contributed by atoms with Gasteiger partial charge in [-0.1, -0.05) is 26.0 Å². The van der Waals surface area contributed by atoms with Crippen LogP contribution in [0.25, 0.3) is 0 Å². The van der Waals surface area contributed by atoms with E-state index in [0.717, 1.165) is 12.1 Å². The number of hydrogen-bond acceptors (Lipinski definition) is 4. The van der Waals surface area contributed by atoms with Crippen LogP contribution in [0.4, 0.5) is 13.6 Å². The molecule has 0 spiro atoms. The summed E-state index contributed by atoms with van der Waals surface area (Å²) in [4.78, 5) is 29.3. The third-order valence-corrected chi connectivity index (χ3v) is 3.65. The van der Waals surface area contributed by atoms with Crippen molar-refractivity contribution < 1.29 is 27.9 Å². The van der Waals surface area contributed by atoms with Crippen LogP contribution in [-0.4, -0.2) is 39.4 Å². The zero-order valence-corrected chi connectivity index (χ0v) is 14.4. The van der Waals surface area contributed by atoms with Crippen molar-refractivity contribution in [3.8, 4) is 0 Å². The molecule has 132 valence electrons. The second kappa shape index (κ2) is 8.87. The van der Waals surface area contributed by atoms with Crippen LogP contribution in [0.15, 0.2) is 18.2 Å². The highest BCUT2D eigenvalue weighted by molar-refractivity contribution is 6.20. The molecule has 0 aliphatic heterocycles. The summed E-state index contributed by atoms with van der Waals surface area (Å²) >= 11 is 0. The Bertz CT molecular complexity index is 608. The van der Waals surface area contributed by atoms with Crippen molar-refractivity contribution in [3.63, 3.8) is 0 Å². The van der Waals surface area contributed by atoms with Gasteiger partial charge in [0.05, 0.1) is 28.8 Å². The minimum Gasteiger partial charge on any atom is -0.433 e. The first-order valence-electron chi connectivity index (χ1n) is 7.69. The van der Waals surface area contributed by atoms with Gasteiger partial charge in [-0.25, -0.2) is 13.6 Å². The van der Waals surface area contributed by atoms with E-state index in [4.69, 9.17) is 20.5 Å². The molecule has 1 aromatic carbocycles. The average molecular weight is 349 g/mol. The molecule has 0 aliphatic carbocycles. The van der Waals surface area contributed by atoms with Crippen molar-refractivity contribution in [2.24, 2.45) is 5.41 Å². The van der Waals surface area contributed by atoms with E-state index in [1.807, 2.05) is 0 Å². The van der Waals surface area contributed by atoms with E-state index in [9.17, 15) is 18.4 Å². The smallest absolute Gasteiger partial charge is 0.433 e. The molecule has 1 rings (SSSR count). The minimum atomic E-state index is -1.19. The zero-order chi connectivity index (χ0) is 19.2. The highest BCUT2D eigenvalue weighted by Gasteiger charge is 2.38. The van der Waals surface area contributed by atoms with Gasteiger partial charge in [-0.3, -0.25) is 4.79 Å². The molecule has 0 bridgehead atoms. The van der Waals surface area contributed by atoms with Gasteiger partial charge >= 0.3 is 6.16 Å². The van der Waals surface area contributed by atoms with Crippen molar-refractivity contribution >= 4 is 27.8 Å². The topological polar surface area (TPSA) is 55.8 Å². The van der Waals surface area contributed by atoms with Crippen LogP contribution in [0.5, 0.6) is 0 Å². The normalized spacial score (nSPS) is 12.4. The van der Waals surface area contributed by atoms with Crippen LogP contribution in [0.3, 0.4) is 0 Å². The van der Waals surface area contributed by atoms with Gasteiger partial charge in [0.1, 0.15) is 11.6 Å². The van der Waals surface area contributed by atoms with Gasteiger partial charge in [-0.2, -0.15) is 5.06 Å². The molecule has 25 heavy (non-hydrogen) atoms. The number of hydrogen-bond donors (Lipinski definition) is 0. The molecule has 0 aromatic heterocycles. The number of nitrogens with zero attached hydrogens (tertiary/aromatic N) is 1. The first kappa shape index (κ1) is 21.0. The van der Waals surface area contributed by atoms with Gasteiger partial charge < -0.3 is 9.57 Å². The fourth-order valence-electron chi connectivity index (χ4n) is 2.02. The SMILES string of the molecule is [B]CC([B])C(C)(C)C(=O)N(Cc1cc(F)cc(F)c1)OC(=O)OCC. The number of ether oxygens (including phenoxy) is 1. The van der Waals surface area contributed by atoms with Gasteiger partial charge in [0.15, 0.2) is 0 Å². The summed E-state index contributed by atoms with van der Waals surface area (Å²) < 4.78 is 31.4. The van der Waals surface area contributed by atoms with Crippen LogP contribution < -0.4 is 0 Å². The summed E-state index contributed by atoms with van der Waals surface area (Å²) in [5.41, 5.74) is -1.10. The largest absolute Gasteiger partial charge is 0.533 e. The van der Waals surface area contributed by atoms with Crippen molar-refractivity contribution in [1.82, 2.24) is 5.06 Å². The number of carbonyl (C=O) groups excluding carboxylic acids is 2. The number of hydroxylamine groups is 2. The molecule has 0 fully saturated rings. The number of carbonyl (C=O) groups is 2. The summed E-state index contributed by atoms with van der Waals surface area (Å²) in [7, 11) is 11.4. The number of benzene rings is 1. The van der Waals surface area contributed by atoms with Gasteiger partial charge in [0, 0.05) is 11.5 Å². The summed E-state index contributed by atoms with van der Waals surface area (Å²) in [6, 6.07) is 2.73. The van der Waals surface area contributed by atoms with Crippen molar-refractivity contribution in [1.29, 1.82) is 0 Å². The van der Waals surface area contributed by atoms with Crippen molar-refractivity contribution in [3.05, 3.63) is 35.4 Å². The van der Waals surface area contributed by atoms with Crippen LogP contribution in [0, 0.1) is 17.0 Å². The predicted octanol–water partition coefficient (Wildman–Crippen LogP) is 2.95. The Morgan fingerprint density at radius 2 is 1.80 bits per heavy atom. The maximum absolute atomic E-state index is 13.4. The lowest BCUT2D eigenvalue weighted by Crippen LogP contribution is -2.44. The Hall–Kier alpha value is -2.05. The molecule has 9 heteroatoms. The molecule has 0 aliphatic rings. The van der Waals surface area contributed by atoms with E-state index in [1.54, 1.807) is 6.92 Å². The highest BCUT2D eigenvalue weighted by atomic mass is 19.1. The Balaban J connectivity index is 3.11. The van der Waals surface area contributed by atoms with Crippen LogP contribution in [-0.2, 0) is 20.9 Å². The molecular weight excluding hydrogens is 330 g/mol. The van der Waals surface area contributed by atoms with Gasteiger partial charge in [0.2, 0.25) is 0 Å². The minimum absolute atomic E-state index is 0.0145. The maximum Gasteiger partial charge on any atom is 0.533 e. The number of amides is 1. The first-order valence-corrected chi connectivity index (χ1v) is 7.69. The molecule has 0 heterocycles. The van der Waals surface area contributed by atoms with Crippen LogP contribution in [0.1, 0.15) is 26.3 Å². The van der Waals surface area contributed by atoms with Crippen molar-refractivity contribution in [2.75, 3.05) is 6.61 Å². The van der Waals surface area contributed by atoms with Crippen molar-refractivity contribution in [2.45, 2.75) is 39.5 Å². The lowest BCUT2D eigenvalue weighted by molar-refractivity contribution is -0.185. The molecule has 1 aromatic rings. The summed E-state index contributed by atoms with van der Waals surface area (Å²) in [5.74, 6) is -3.05. The molecule has 1 atom stereocenters. The average Bonchev–Trinajstić information content (AvgIpc) is 2.51. The standard InChI is InChI=1S/C16H19B2F2NO4/c1-4-24-15(23)25-21(14(22)16(2,3)13(18)8-17)9-10-5-11(19)7-12(20)6-10/h5-7,13H,4,8-9H2,1-3H3. The lowest BCUT2D eigenvalue weighted by Gasteiger charge is -2.34. The summed E-state index contributed by atoms with van der Waals surface area (Å²) in [6.45, 7) is 4.26. The quantitative estimate of drug-likeness (QED) is 0.450. The molecule has 1 unspecified atom stereocenters. The second-order valence-electron chi connectivity index (χ2n) is 5.96. The monoisotopic (exact) mass is 349 g/mol. The van der Waals surface area contributed by atoms with E-state index in [1.165, 1.54) is 13.8 Å². The molecule has 4 radical (unpaired) electrons. The second-order valence-corrected chi connectivity index (χ2v) is 5.96. The number of halogens is 2. The van der Waals surface area contributed by atoms with Gasteiger partial charge in [-0.15, -0.1) is 0 Å². The molecule has 0 N–H and O–H groups in total. The zero-order valence-electron chi connectivity index (χ0n) is 14.4. The van der Waals surface area contributed by atoms with E-state index >= 15 is 0 Å². The summed E-state index contributed by atoms with van der Waals surface area (Å²) in [5, 5.41) is 0.668. The maximum atomic E-state index is 13.4. The van der Waals surface area contributed by atoms with E-state index in [0.29, 0.717) is 11.1 Å². The molecule has 0 saturated heterocycles. The summed E-state index contributed by atoms with van der Waals surface area (Å²) in [6.07, 6.45) is -1.11. The van der Waals surface area contributed by atoms with Crippen LogP contribution in [0.2, 0.25) is 12.1 Å². The Labute approximate surface area is 148 Å². The van der Waals surface area contributed by atoms with E-state index < -0.39 is 34.9 Å². The molecule has 5 nitrogen and oxygen atoms in total. The third-order valence-electron chi connectivity index (χ3n) is 3.65. The molecule has 1 amide bonds. The fourth-order valence-corrected chi connectivity index (χ4v) is 2.02. The fraction of sp³-hybridized carbons (Fsp3) is 0.500. The highest BCUT2D eigenvalue weighted by Crippen LogP contribution is 2.34. The third kappa shape index (κ3) is 5.76. The van der Waals surface area contributed by atoms with E-state index in [2.05, 4.69) is 4.74 Å². The van der Waals surface area contributed by atoms with E-state index in [-0.39, 0.29) is 25.0 Å². The molecule has 0 saturated carbocycles. The number of rotatable bonds is 6. The Morgan fingerprint density at radius 3 is 2.28 bits per heavy atom. The lowest BCUT2D eigenvalue weighted by atomic mass is 9.61. The van der Waals surface area contributed by atoms with Gasteiger partial charge in [-0.05, 0) is 24.6 Å². The van der Waals surface area contributed by atoms with Crippen LogP contribution >= 0.6 is 0 Å². The first-order chi connectivity index (χ1) is 11.6. The molecular formula is C16H19B2F2NO4. The Morgan fingerprint density at radius 1 is 1.24 bits per heavy atom. The van der Waals surface area contributed by atoms with Gasteiger partial charge in [0.25, 0.3) is 5.91 Å². The Kier molecular flexibility index (Phi) is 7.45.